The van der Waals surface area contributed by atoms with Crippen molar-refractivity contribution in [3.05, 3.63) is 0 Å². The van der Waals surface area contributed by atoms with Crippen LogP contribution in [0.15, 0.2) is 0 Å². The van der Waals surface area contributed by atoms with Gasteiger partial charge in [-0.05, 0) is 0 Å². The summed E-state index contributed by atoms with van der Waals surface area (Å²) in [6, 6.07) is 0. The molecule has 0 N–H and O–H groups in total. The van der Waals surface area contributed by atoms with E-state index in [4.69, 9.17) is 0 Å². The first-order valence-corrected chi connectivity index (χ1v) is 0. The summed E-state index contributed by atoms with van der Waals surface area (Å²) in [6.45, 7) is 0. The second-order valence-electron chi connectivity index (χ2n) is 0. The molecule has 0 unspecified atom stereocenters. The Morgan fingerprint density at radius 3 is 0.400 bits per heavy atom. The normalized spacial score (nSPS) is 0. The maximum atomic E-state index is 0. The van der Waals surface area contributed by atoms with Gasteiger partial charge in [0.15, 0.2) is 0 Å². The molecule has 0 bridgehead atoms. The van der Waals surface area contributed by atoms with Crippen molar-refractivity contribution in [3.8, 4) is 0 Å². The molecule has 0 aliphatic heterocycles. The van der Waals surface area contributed by atoms with E-state index in [2.05, 4.69) is 0 Å². The maximum absolute atomic E-state index is 0. The molecule has 0 amide bonds. The Bertz CT molecular complexity index is 17.6. The molecule has 10 heteroatoms. The van der Waals surface area contributed by atoms with Gasteiger partial charge in [-0.1, -0.05) is 0 Å². The van der Waals surface area contributed by atoms with E-state index in [9.17, 15) is 0 Å². The van der Waals surface area contributed by atoms with E-state index in [0.29, 0.717) is 0 Å². The first kappa shape index (κ1) is 104. The average Bonchev–Trinajstić information content (AvgIpc) is 0. The minimum absolute atomic E-state index is 0. The first-order valence-electron chi connectivity index (χ1n) is 0. The molecule has 0 saturated carbocycles. The molecule has 0 rings (SSSR count). The Hall–Kier alpha value is 5.73. The summed E-state index contributed by atoms with van der Waals surface area (Å²) in [5.41, 5.74) is 0. The molecule has 0 nitrogen and oxygen atoms in total. The van der Waals surface area contributed by atoms with Gasteiger partial charge in [-0.25, -0.2) is 0 Å². The van der Waals surface area contributed by atoms with Crippen LogP contribution in [0.1, 0.15) is 0 Å². The molecule has 0 heterocycles. The van der Waals surface area contributed by atoms with Crippen LogP contribution in [-0.4, -0.2) is 137 Å². The Labute approximate surface area is 181 Å². The van der Waals surface area contributed by atoms with E-state index in [1.54, 1.807) is 0 Å². The summed E-state index contributed by atoms with van der Waals surface area (Å²) >= 11 is 0. The van der Waals surface area contributed by atoms with Crippen LogP contribution >= 0.6 is 13.5 Å². The van der Waals surface area contributed by atoms with Gasteiger partial charge in [0, 0.05) is 0 Å². The first-order chi connectivity index (χ1) is 0. The Balaban J connectivity index is 0. The van der Waals surface area contributed by atoms with Crippen LogP contribution in [0.2, 0.25) is 0 Å². The predicted molar refractivity (Wildman–Crippen MR) is 50.7 cm³/mol. The van der Waals surface area contributed by atoms with E-state index in [1.807, 2.05) is 0 Å². The number of rotatable bonds is 0. The third kappa shape index (κ3) is 67.8. The van der Waals surface area contributed by atoms with Gasteiger partial charge in [0.05, 0.1) is 0 Å². The quantitative estimate of drug-likeness (QED) is 0.238. The van der Waals surface area contributed by atoms with Crippen LogP contribution in [0, 0.1) is 0 Å². The maximum Gasteiger partial charge on any atom is 3.00 e. The van der Waals surface area contributed by atoms with E-state index < -0.39 is 0 Å². The fourth-order valence-electron chi connectivity index (χ4n) is 0. The van der Waals surface area contributed by atoms with Gasteiger partial charge >= 0.3 is 85.8 Å². The zero-order valence-corrected chi connectivity index (χ0v) is 22.3. The molecule has 0 atom stereocenters. The van der Waals surface area contributed by atoms with E-state index in [-0.39, 0.29) is 185 Å². The second kappa shape index (κ2) is 84.6. The van der Waals surface area contributed by atoms with Crippen molar-refractivity contribution in [2.75, 3.05) is 0 Å². The minimum atomic E-state index is 0. The van der Waals surface area contributed by atoms with Gasteiger partial charge in [0.2, 0.25) is 0 Å². The smallest absolute Gasteiger partial charge is 2.00 e. The molecular weight excluding hydrogens is 784 g/mol. The molecule has 0 aromatic rings. The molecular formula is H2Cu2In2SSe5. The molecule has 66 valence electrons. The molecule has 10 heavy (non-hydrogen) atoms. The SMILES string of the molecule is S.[Cu+2].[Cu+2].[In+3].[In+3].[Se-2].[Se-2].[Se-2].[Se-2].[Se-2]. The number of hydrogen-bond acceptors (Lipinski definition) is 0. The van der Waals surface area contributed by atoms with Crippen LogP contribution < -0.4 is 0 Å². The van der Waals surface area contributed by atoms with Gasteiger partial charge < -0.3 is 85.3 Å². The van der Waals surface area contributed by atoms with Crippen molar-refractivity contribution in [2.24, 2.45) is 0 Å². The van der Waals surface area contributed by atoms with Gasteiger partial charge in [-0.15, -0.1) is 0 Å². The minimum Gasteiger partial charge on any atom is -2.00 e. The second-order valence-corrected chi connectivity index (χ2v) is 0. The molecule has 0 saturated heterocycles. The Morgan fingerprint density at radius 2 is 0.400 bits per heavy atom. The summed E-state index contributed by atoms with van der Waals surface area (Å²) in [6.07, 6.45) is 0. The van der Waals surface area contributed by atoms with Crippen LogP contribution in [0.3, 0.4) is 0 Å². The standard InChI is InChI=1S/2Cu.2In.H2S.5Se/h;;;;1H2;;;;;/q2*+2;2*+3;;5*-2. The zero-order valence-electron chi connectivity index (χ0n) is 4.30. The monoisotopic (exact) mass is 789 g/mol. The van der Waals surface area contributed by atoms with Crippen molar-refractivity contribution in [1.82, 2.24) is 0 Å². The number of hydrogen-bond donors (Lipinski definition) is 0. The summed E-state index contributed by atoms with van der Waals surface area (Å²) in [5.74, 6) is 0. The Kier molecular flexibility index (Phi) is 880. The van der Waals surface area contributed by atoms with E-state index in [1.165, 1.54) is 0 Å². The van der Waals surface area contributed by atoms with Gasteiger partial charge in [-0.2, -0.15) is 13.5 Å². The van der Waals surface area contributed by atoms with E-state index in [0.717, 1.165) is 0 Å². The molecule has 2 radical (unpaired) electrons. The average molecular weight is 786 g/mol. The predicted octanol–water partition coefficient (Wildman–Crippen LogP) is -2.56. The summed E-state index contributed by atoms with van der Waals surface area (Å²) < 4.78 is 0. The van der Waals surface area contributed by atoms with Crippen LogP contribution in [0.25, 0.3) is 0 Å². The van der Waals surface area contributed by atoms with Crippen molar-refractivity contribution >= 4 is 151 Å². The van der Waals surface area contributed by atoms with Crippen LogP contribution in [0.4, 0.5) is 0 Å². The molecule has 0 aliphatic carbocycles. The molecule has 0 aromatic carbocycles. The van der Waals surface area contributed by atoms with Crippen LogP contribution in [0.5, 0.6) is 0 Å². The fraction of sp³-hybridized carbons (Fsp3) is 0. The molecule has 0 aliphatic rings. The van der Waals surface area contributed by atoms with Crippen molar-refractivity contribution in [3.63, 3.8) is 0 Å². The Morgan fingerprint density at radius 1 is 0.400 bits per heavy atom. The zero-order chi connectivity index (χ0) is 0. The van der Waals surface area contributed by atoms with Crippen LogP contribution in [-0.2, 0) is 34.1 Å². The fourth-order valence-corrected chi connectivity index (χ4v) is 0. The molecule has 0 fully saturated rings. The van der Waals surface area contributed by atoms with E-state index >= 15 is 0 Å². The van der Waals surface area contributed by atoms with Crippen molar-refractivity contribution in [1.29, 1.82) is 0 Å². The third-order valence-corrected chi connectivity index (χ3v) is 0. The summed E-state index contributed by atoms with van der Waals surface area (Å²) in [4.78, 5) is 0. The van der Waals surface area contributed by atoms with Gasteiger partial charge in [0.1, 0.15) is 0 Å². The largest absolute Gasteiger partial charge is 3.00 e. The summed E-state index contributed by atoms with van der Waals surface area (Å²) in [5, 5.41) is 0. The topological polar surface area (TPSA) is 0 Å². The summed E-state index contributed by atoms with van der Waals surface area (Å²) in [7, 11) is 0. The van der Waals surface area contributed by atoms with Gasteiger partial charge in [0.25, 0.3) is 0 Å². The molecule has 0 aromatic heterocycles. The van der Waals surface area contributed by atoms with Crippen molar-refractivity contribution in [2.45, 2.75) is 0 Å². The third-order valence-electron chi connectivity index (χ3n) is 0. The molecule has 0 spiro atoms. The van der Waals surface area contributed by atoms with Gasteiger partial charge in [-0.3, -0.25) is 0 Å². The van der Waals surface area contributed by atoms with Crippen molar-refractivity contribution < 1.29 is 34.1 Å².